The zero-order chi connectivity index (χ0) is 43.6. The molecule has 0 radical (unpaired) electrons. The minimum Gasteiger partial charge on any atom is -0.456 e. The van der Waals surface area contributed by atoms with Crippen LogP contribution >= 0.6 is 0 Å². The number of nitrogens with zero attached hydrogens (tertiary/aromatic N) is 1. The fraction of sp³-hybridized carbons (Fsp3) is 0. The standard InChI is InChI=1S/C64H41NO/c1-3-16-52-42(12-1)30-31-49-40-48(35-38-55(49)52)47-14-9-15-51(41-47)65(50-36-32-46(33-37-50)57-21-11-25-63-64(57)60-19-6-8-24-62(60)66-63)61-23-7-5-18-56(61)45-28-26-44(27-29-45)54-20-10-22-58-53-17-4-2-13-43(53)34-39-59(54)58/h1-41H. The molecule has 0 unspecified atom stereocenters. The summed E-state index contributed by atoms with van der Waals surface area (Å²) in [5.74, 6) is 0. The van der Waals surface area contributed by atoms with E-state index in [4.69, 9.17) is 4.42 Å². The largest absolute Gasteiger partial charge is 0.456 e. The second kappa shape index (κ2) is 15.5. The SMILES string of the molecule is c1cc(-c2ccc3c(ccc4ccccc43)c2)cc(N(c2ccc(-c3cccc4oc5ccccc5c34)cc2)c2ccccc2-c2ccc(-c3cccc4c3ccc3ccccc34)cc2)c1. The molecule has 0 aliphatic heterocycles. The molecule has 0 bridgehead atoms. The topological polar surface area (TPSA) is 16.4 Å². The van der Waals surface area contributed by atoms with Crippen LogP contribution in [0.5, 0.6) is 0 Å². The van der Waals surface area contributed by atoms with Gasteiger partial charge in [0.2, 0.25) is 0 Å². The van der Waals surface area contributed by atoms with Gasteiger partial charge in [-0.25, -0.2) is 0 Å². The predicted molar refractivity (Wildman–Crippen MR) is 280 cm³/mol. The summed E-state index contributed by atoms with van der Waals surface area (Å²) in [5.41, 5.74) is 14.4. The molecule has 0 N–H and O–H groups in total. The van der Waals surface area contributed by atoms with Gasteiger partial charge in [-0.3, -0.25) is 0 Å². The molecule has 2 nitrogen and oxygen atoms in total. The highest BCUT2D eigenvalue weighted by Gasteiger charge is 2.20. The maximum atomic E-state index is 6.30. The number of furan rings is 1. The van der Waals surface area contributed by atoms with Crippen molar-refractivity contribution < 1.29 is 4.42 Å². The van der Waals surface area contributed by atoms with Gasteiger partial charge in [-0.2, -0.15) is 0 Å². The predicted octanol–water partition coefficient (Wildman–Crippen LogP) is 18.3. The van der Waals surface area contributed by atoms with Gasteiger partial charge in [-0.1, -0.05) is 200 Å². The Hall–Kier alpha value is -8.72. The van der Waals surface area contributed by atoms with Gasteiger partial charge < -0.3 is 9.32 Å². The molecular formula is C64H41NO. The normalized spacial score (nSPS) is 11.6. The molecule has 0 aliphatic carbocycles. The first-order valence-electron chi connectivity index (χ1n) is 22.7. The van der Waals surface area contributed by atoms with Gasteiger partial charge in [-0.05, 0) is 131 Å². The lowest BCUT2D eigenvalue weighted by atomic mass is 9.93. The van der Waals surface area contributed by atoms with E-state index in [1.54, 1.807) is 0 Å². The molecule has 0 fully saturated rings. The molecule has 0 atom stereocenters. The molecule has 308 valence electrons. The lowest BCUT2D eigenvalue weighted by Gasteiger charge is -2.28. The van der Waals surface area contributed by atoms with Crippen LogP contribution in [-0.4, -0.2) is 0 Å². The van der Waals surface area contributed by atoms with Crippen molar-refractivity contribution in [2.75, 3.05) is 4.90 Å². The minimum absolute atomic E-state index is 0.895. The van der Waals surface area contributed by atoms with Crippen molar-refractivity contribution in [1.82, 2.24) is 0 Å². The van der Waals surface area contributed by atoms with E-state index in [0.29, 0.717) is 0 Å². The molecule has 1 heterocycles. The van der Waals surface area contributed by atoms with Crippen molar-refractivity contribution in [1.29, 1.82) is 0 Å². The van der Waals surface area contributed by atoms with Gasteiger partial charge in [0.1, 0.15) is 11.2 Å². The van der Waals surface area contributed by atoms with Crippen molar-refractivity contribution in [3.63, 3.8) is 0 Å². The number of anilines is 3. The lowest BCUT2D eigenvalue weighted by Crippen LogP contribution is -2.11. The van der Waals surface area contributed by atoms with Gasteiger partial charge in [0.05, 0.1) is 5.69 Å². The van der Waals surface area contributed by atoms with Crippen LogP contribution in [0.25, 0.3) is 110 Å². The Morgan fingerprint density at radius 2 is 0.773 bits per heavy atom. The summed E-state index contributed by atoms with van der Waals surface area (Å²) < 4.78 is 6.30. The summed E-state index contributed by atoms with van der Waals surface area (Å²) >= 11 is 0. The van der Waals surface area contributed by atoms with Crippen LogP contribution in [0.2, 0.25) is 0 Å². The summed E-state index contributed by atoms with van der Waals surface area (Å²) in [6, 6.07) is 90.4. The zero-order valence-corrected chi connectivity index (χ0v) is 36.0. The number of hydrogen-bond acceptors (Lipinski definition) is 2. The molecule has 66 heavy (non-hydrogen) atoms. The fourth-order valence-electron chi connectivity index (χ4n) is 10.3. The van der Waals surface area contributed by atoms with Crippen LogP contribution in [0.4, 0.5) is 17.1 Å². The minimum atomic E-state index is 0.895. The summed E-state index contributed by atoms with van der Waals surface area (Å²) in [7, 11) is 0. The number of hydrogen-bond donors (Lipinski definition) is 0. The molecule has 0 saturated carbocycles. The monoisotopic (exact) mass is 839 g/mol. The van der Waals surface area contributed by atoms with E-state index >= 15 is 0 Å². The van der Waals surface area contributed by atoms with E-state index in [1.807, 2.05) is 12.1 Å². The number of rotatable bonds is 7. The zero-order valence-electron chi connectivity index (χ0n) is 36.0. The van der Waals surface area contributed by atoms with E-state index in [0.717, 1.165) is 66.8 Å². The molecule has 13 rings (SSSR count). The van der Waals surface area contributed by atoms with Crippen molar-refractivity contribution in [2.24, 2.45) is 0 Å². The first-order chi connectivity index (χ1) is 32.7. The third-order valence-electron chi connectivity index (χ3n) is 13.5. The Kier molecular flexibility index (Phi) is 8.89. The Bertz CT molecular complexity index is 3990. The van der Waals surface area contributed by atoms with Crippen LogP contribution in [0.3, 0.4) is 0 Å². The molecule has 0 aliphatic rings. The molecule has 13 aromatic rings. The average molecular weight is 840 g/mol. The number of para-hydroxylation sites is 2. The average Bonchev–Trinajstić information content (AvgIpc) is 3.78. The Morgan fingerprint density at radius 3 is 1.61 bits per heavy atom. The van der Waals surface area contributed by atoms with E-state index in [2.05, 4.69) is 241 Å². The van der Waals surface area contributed by atoms with Crippen LogP contribution in [-0.2, 0) is 0 Å². The van der Waals surface area contributed by atoms with E-state index in [-0.39, 0.29) is 0 Å². The Morgan fingerprint density at radius 1 is 0.258 bits per heavy atom. The first kappa shape index (κ1) is 37.8. The van der Waals surface area contributed by atoms with Crippen LogP contribution in [0.1, 0.15) is 0 Å². The highest BCUT2D eigenvalue weighted by Crippen LogP contribution is 2.44. The quantitative estimate of drug-likeness (QED) is 0.149. The van der Waals surface area contributed by atoms with Gasteiger partial charge in [0, 0.05) is 27.7 Å². The van der Waals surface area contributed by atoms with E-state index in [1.165, 1.54) is 59.8 Å². The number of fused-ring (bicyclic) bond motifs is 9. The molecule has 1 aromatic heterocycles. The number of benzene rings is 12. The maximum absolute atomic E-state index is 6.30. The lowest BCUT2D eigenvalue weighted by molar-refractivity contribution is 0.669. The molecule has 12 aromatic carbocycles. The summed E-state index contributed by atoms with van der Waals surface area (Å²) in [6.07, 6.45) is 0. The molecular weight excluding hydrogens is 799 g/mol. The highest BCUT2D eigenvalue weighted by molar-refractivity contribution is 6.14. The summed E-state index contributed by atoms with van der Waals surface area (Å²) in [6.45, 7) is 0. The van der Waals surface area contributed by atoms with Crippen molar-refractivity contribution >= 4 is 82.1 Å². The van der Waals surface area contributed by atoms with E-state index < -0.39 is 0 Å². The van der Waals surface area contributed by atoms with Gasteiger partial charge in [0.25, 0.3) is 0 Å². The van der Waals surface area contributed by atoms with Gasteiger partial charge in [0.15, 0.2) is 0 Å². The van der Waals surface area contributed by atoms with Crippen LogP contribution < -0.4 is 4.90 Å². The van der Waals surface area contributed by atoms with Crippen molar-refractivity contribution in [3.05, 3.63) is 249 Å². The highest BCUT2D eigenvalue weighted by atomic mass is 16.3. The third kappa shape index (κ3) is 6.34. The van der Waals surface area contributed by atoms with Crippen LogP contribution in [0.15, 0.2) is 253 Å². The smallest absolute Gasteiger partial charge is 0.136 e. The first-order valence-corrected chi connectivity index (χ1v) is 22.7. The summed E-state index contributed by atoms with van der Waals surface area (Å²) in [5, 5.41) is 12.4. The maximum Gasteiger partial charge on any atom is 0.136 e. The molecule has 2 heteroatoms. The molecule has 0 spiro atoms. The van der Waals surface area contributed by atoms with Gasteiger partial charge >= 0.3 is 0 Å². The second-order valence-electron chi connectivity index (χ2n) is 17.2. The Labute approximate surface area is 382 Å². The summed E-state index contributed by atoms with van der Waals surface area (Å²) in [4.78, 5) is 2.41. The second-order valence-corrected chi connectivity index (χ2v) is 17.2. The fourth-order valence-corrected chi connectivity index (χ4v) is 10.3. The van der Waals surface area contributed by atoms with Crippen molar-refractivity contribution in [3.8, 4) is 44.5 Å². The Balaban J connectivity index is 0.934. The molecule has 0 saturated heterocycles. The van der Waals surface area contributed by atoms with E-state index in [9.17, 15) is 0 Å². The van der Waals surface area contributed by atoms with Crippen molar-refractivity contribution in [2.45, 2.75) is 0 Å². The van der Waals surface area contributed by atoms with Gasteiger partial charge in [-0.15, -0.1) is 0 Å². The third-order valence-corrected chi connectivity index (χ3v) is 13.5. The molecule has 0 amide bonds. The van der Waals surface area contributed by atoms with Crippen LogP contribution in [0, 0.1) is 0 Å².